The van der Waals surface area contributed by atoms with Crippen molar-refractivity contribution >= 4 is 11.9 Å². The van der Waals surface area contributed by atoms with Gasteiger partial charge in [-0.05, 0) is 13.3 Å². The summed E-state index contributed by atoms with van der Waals surface area (Å²) < 4.78 is 0. The fraction of sp³-hybridized carbons (Fsp3) is 0.778. The van der Waals surface area contributed by atoms with Crippen LogP contribution in [0.15, 0.2) is 0 Å². The highest BCUT2D eigenvalue weighted by Crippen LogP contribution is 2.08. The van der Waals surface area contributed by atoms with E-state index in [2.05, 4.69) is 5.32 Å². The Balaban J connectivity index is 2.62. The highest BCUT2D eigenvalue weighted by atomic mass is 16.4. The molecule has 0 saturated carbocycles. The Hall–Kier alpha value is -1.10. The van der Waals surface area contributed by atoms with Gasteiger partial charge in [-0.3, -0.25) is 9.69 Å². The van der Waals surface area contributed by atoms with E-state index < -0.39 is 12.0 Å². The molecule has 0 aromatic carbocycles. The number of rotatable bonds is 3. The first-order valence-electron chi connectivity index (χ1n) is 4.80. The molecule has 1 heterocycles. The summed E-state index contributed by atoms with van der Waals surface area (Å²) in [5, 5.41) is 11.2. The number of carboxylic acid groups (broad SMARTS) is 1. The van der Waals surface area contributed by atoms with Crippen LogP contribution in [0.5, 0.6) is 0 Å². The lowest BCUT2D eigenvalue weighted by Gasteiger charge is -2.34. The van der Waals surface area contributed by atoms with Gasteiger partial charge in [-0.15, -0.1) is 0 Å². The van der Waals surface area contributed by atoms with Gasteiger partial charge in [-0.1, -0.05) is 6.92 Å². The highest BCUT2D eigenvalue weighted by Gasteiger charge is 2.30. The first-order valence-corrected chi connectivity index (χ1v) is 4.80. The number of hydrogen-bond acceptors (Lipinski definition) is 3. The second-order valence-corrected chi connectivity index (χ2v) is 3.65. The maximum atomic E-state index is 11.2. The smallest absolute Gasteiger partial charge is 0.327 e. The monoisotopic (exact) mass is 200 g/mol. The van der Waals surface area contributed by atoms with Crippen LogP contribution >= 0.6 is 0 Å². The Bertz CT molecular complexity index is 242. The van der Waals surface area contributed by atoms with Gasteiger partial charge in [-0.25, -0.2) is 4.79 Å². The number of aliphatic carboxylic acids is 1. The summed E-state index contributed by atoms with van der Waals surface area (Å²) in [6, 6.07) is -0.506. The molecule has 80 valence electrons. The molecule has 1 amide bonds. The first-order chi connectivity index (χ1) is 6.54. The van der Waals surface area contributed by atoms with Crippen molar-refractivity contribution in [2.45, 2.75) is 32.4 Å². The van der Waals surface area contributed by atoms with Gasteiger partial charge in [0.05, 0.1) is 6.54 Å². The van der Waals surface area contributed by atoms with Crippen LogP contribution in [0.1, 0.15) is 20.3 Å². The third-order valence-corrected chi connectivity index (χ3v) is 2.61. The molecule has 1 aliphatic rings. The minimum absolute atomic E-state index is 0.205. The van der Waals surface area contributed by atoms with Crippen molar-refractivity contribution in [3.8, 4) is 0 Å². The Morgan fingerprint density at radius 2 is 2.43 bits per heavy atom. The van der Waals surface area contributed by atoms with Crippen molar-refractivity contribution in [3.63, 3.8) is 0 Å². The average molecular weight is 200 g/mol. The van der Waals surface area contributed by atoms with Gasteiger partial charge in [0.2, 0.25) is 5.91 Å². The van der Waals surface area contributed by atoms with Gasteiger partial charge in [0, 0.05) is 12.6 Å². The number of amides is 1. The van der Waals surface area contributed by atoms with Gasteiger partial charge in [0.15, 0.2) is 0 Å². The quantitative estimate of drug-likeness (QED) is 0.654. The second kappa shape index (κ2) is 4.41. The van der Waals surface area contributed by atoms with E-state index in [0.717, 1.165) is 6.42 Å². The molecule has 0 spiro atoms. The molecule has 5 nitrogen and oxygen atoms in total. The van der Waals surface area contributed by atoms with Crippen molar-refractivity contribution in [3.05, 3.63) is 0 Å². The Labute approximate surface area is 83.1 Å². The summed E-state index contributed by atoms with van der Waals surface area (Å²) in [7, 11) is 0. The maximum Gasteiger partial charge on any atom is 0.327 e. The van der Waals surface area contributed by atoms with Crippen LogP contribution in [0, 0.1) is 0 Å². The predicted octanol–water partition coefficient (Wildman–Crippen LogP) is -0.330. The molecule has 2 unspecified atom stereocenters. The van der Waals surface area contributed by atoms with Gasteiger partial charge in [0.1, 0.15) is 6.04 Å². The first kappa shape index (κ1) is 11.0. The fourth-order valence-corrected chi connectivity index (χ4v) is 1.50. The Kier molecular flexibility index (Phi) is 3.46. The molecule has 1 fully saturated rings. The van der Waals surface area contributed by atoms with E-state index in [9.17, 15) is 9.59 Å². The van der Waals surface area contributed by atoms with Gasteiger partial charge in [0.25, 0.3) is 0 Å². The van der Waals surface area contributed by atoms with Crippen molar-refractivity contribution in [1.82, 2.24) is 10.2 Å². The topological polar surface area (TPSA) is 69.6 Å². The maximum absolute atomic E-state index is 11.2. The zero-order chi connectivity index (χ0) is 10.7. The van der Waals surface area contributed by atoms with Crippen LogP contribution < -0.4 is 5.32 Å². The molecule has 0 aromatic heterocycles. The van der Waals surface area contributed by atoms with Crippen LogP contribution in [0.3, 0.4) is 0 Å². The fourth-order valence-electron chi connectivity index (χ4n) is 1.50. The van der Waals surface area contributed by atoms with Crippen LogP contribution in [-0.2, 0) is 9.59 Å². The van der Waals surface area contributed by atoms with E-state index >= 15 is 0 Å². The van der Waals surface area contributed by atoms with Crippen LogP contribution in [0.4, 0.5) is 0 Å². The number of hydrogen-bond donors (Lipinski definition) is 2. The van der Waals surface area contributed by atoms with Crippen LogP contribution in [0.2, 0.25) is 0 Å². The zero-order valence-corrected chi connectivity index (χ0v) is 8.49. The summed E-state index contributed by atoms with van der Waals surface area (Å²) in [5.74, 6) is -1.17. The minimum Gasteiger partial charge on any atom is -0.480 e. The van der Waals surface area contributed by atoms with E-state index in [0.29, 0.717) is 13.1 Å². The van der Waals surface area contributed by atoms with Gasteiger partial charge >= 0.3 is 5.97 Å². The van der Waals surface area contributed by atoms with Crippen molar-refractivity contribution in [2.75, 3.05) is 13.1 Å². The SMILES string of the molecule is CCC(C)N1CC(=O)NC(C(=O)O)C1. The number of piperazine rings is 1. The zero-order valence-electron chi connectivity index (χ0n) is 8.49. The van der Waals surface area contributed by atoms with Crippen molar-refractivity contribution in [2.24, 2.45) is 0 Å². The number of carboxylic acids is 1. The number of nitrogens with zero attached hydrogens (tertiary/aromatic N) is 1. The molecule has 1 rings (SSSR count). The molecular weight excluding hydrogens is 184 g/mol. The Morgan fingerprint density at radius 3 is 2.93 bits per heavy atom. The van der Waals surface area contributed by atoms with Crippen molar-refractivity contribution < 1.29 is 14.7 Å². The molecule has 0 aliphatic carbocycles. The third kappa shape index (κ3) is 2.45. The normalized spacial score (nSPS) is 25.6. The molecule has 0 radical (unpaired) electrons. The number of carbonyl (C=O) groups is 2. The summed E-state index contributed by atoms with van der Waals surface area (Å²) >= 11 is 0. The lowest BCUT2D eigenvalue weighted by atomic mass is 10.1. The lowest BCUT2D eigenvalue weighted by Crippen LogP contribution is -2.59. The number of nitrogens with one attached hydrogen (secondary N) is 1. The lowest BCUT2D eigenvalue weighted by molar-refractivity contribution is -0.145. The largest absolute Gasteiger partial charge is 0.480 e. The number of carbonyl (C=O) groups excluding carboxylic acids is 1. The molecular formula is C9H16N2O3. The molecule has 1 aliphatic heterocycles. The van der Waals surface area contributed by atoms with E-state index in [-0.39, 0.29) is 11.9 Å². The standard InChI is InChI=1S/C9H16N2O3/c1-3-6(2)11-4-7(9(13)14)10-8(12)5-11/h6-7H,3-5H2,1-2H3,(H,10,12)(H,13,14). The van der Waals surface area contributed by atoms with Crippen molar-refractivity contribution in [1.29, 1.82) is 0 Å². The molecule has 14 heavy (non-hydrogen) atoms. The molecule has 5 heteroatoms. The van der Waals surface area contributed by atoms with E-state index in [1.165, 1.54) is 0 Å². The molecule has 0 aromatic rings. The van der Waals surface area contributed by atoms with Crippen LogP contribution in [-0.4, -0.2) is 47.1 Å². The van der Waals surface area contributed by atoms with E-state index in [4.69, 9.17) is 5.11 Å². The average Bonchev–Trinajstić information content (AvgIpc) is 2.15. The van der Waals surface area contributed by atoms with Gasteiger partial charge < -0.3 is 10.4 Å². The molecule has 1 saturated heterocycles. The minimum atomic E-state index is -0.966. The highest BCUT2D eigenvalue weighted by molar-refractivity contribution is 5.86. The van der Waals surface area contributed by atoms with Gasteiger partial charge in [-0.2, -0.15) is 0 Å². The summed E-state index contributed by atoms with van der Waals surface area (Å²) in [6.45, 7) is 4.72. The summed E-state index contributed by atoms with van der Waals surface area (Å²) in [5.41, 5.74) is 0. The second-order valence-electron chi connectivity index (χ2n) is 3.65. The van der Waals surface area contributed by atoms with E-state index in [1.54, 1.807) is 0 Å². The summed E-state index contributed by atoms with van der Waals surface area (Å²) in [4.78, 5) is 23.8. The Morgan fingerprint density at radius 1 is 1.79 bits per heavy atom. The predicted molar refractivity (Wildman–Crippen MR) is 50.9 cm³/mol. The molecule has 2 atom stereocenters. The molecule has 0 bridgehead atoms. The summed E-state index contributed by atoms with van der Waals surface area (Å²) in [6.07, 6.45) is 0.916. The van der Waals surface area contributed by atoms with E-state index in [1.807, 2.05) is 18.7 Å². The van der Waals surface area contributed by atoms with Crippen LogP contribution in [0.25, 0.3) is 0 Å². The third-order valence-electron chi connectivity index (χ3n) is 2.61. The molecule has 2 N–H and O–H groups in total.